The first kappa shape index (κ1) is 14.8. The van der Waals surface area contributed by atoms with Crippen LogP contribution in [-0.2, 0) is 11.2 Å². The van der Waals surface area contributed by atoms with Crippen LogP contribution in [0.25, 0.3) is 0 Å². The topological polar surface area (TPSA) is 75.0 Å². The van der Waals surface area contributed by atoms with Gasteiger partial charge in [-0.3, -0.25) is 5.32 Å². The Morgan fingerprint density at radius 3 is 3.05 bits per heavy atom. The van der Waals surface area contributed by atoms with Gasteiger partial charge in [0.2, 0.25) is 0 Å². The Hall–Kier alpha value is -1.61. The van der Waals surface area contributed by atoms with Crippen molar-refractivity contribution in [1.82, 2.24) is 4.98 Å². The summed E-state index contributed by atoms with van der Waals surface area (Å²) in [5.41, 5.74) is 0.970. The molecule has 0 saturated carbocycles. The van der Waals surface area contributed by atoms with E-state index in [9.17, 15) is 10.1 Å². The minimum absolute atomic E-state index is 0.0921. The summed E-state index contributed by atoms with van der Waals surface area (Å²) in [5.74, 6) is 0.431. The Balaban J connectivity index is 2.15. The van der Waals surface area contributed by atoms with E-state index in [1.165, 1.54) is 11.3 Å². The van der Waals surface area contributed by atoms with Gasteiger partial charge in [-0.2, -0.15) is 5.26 Å². The average molecular weight is 293 g/mol. The van der Waals surface area contributed by atoms with Gasteiger partial charge in [0.1, 0.15) is 0 Å². The Bertz CT molecular complexity index is 521. The van der Waals surface area contributed by atoms with E-state index in [4.69, 9.17) is 4.74 Å². The molecule has 1 aliphatic rings. The molecule has 1 aliphatic carbocycles. The number of carbonyl (C=O) groups is 1. The van der Waals surface area contributed by atoms with Crippen molar-refractivity contribution in [2.24, 2.45) is 5.92 Å². The molecule has 1 N–H and O–H groups in total. The van der Waals surface area contributed by atoms with Crippen LogP contribution < -0.4 is 5.32 Å². The lowest BCUT2D eigenvalue weighted by molar-refractivity contribution is 0.168. The molecule has 0 aromatic carbocycles. The first-order valence-corrected chi connectivity index (χ1v) is 7.82. The van der Waals surface area contributed by atoms with E-state index < -0.39 is 6.09 Å². The maximum atomic E-state index is 11.4. The van der Waals surface area contributed by atoms with Crippen LogP contribution in [0, 0.1) is 17.2 Å². The van der Waals surface area contributed by atoms with E-state index in [-0.39, 0.29) is 5.92 Å². The zero-order valence-corrected chi connectivity index (χ0v) is 12.6. The zero-order valence-electron chi connectivity index (χ0n) is 11.8. The molecule has 1 aromatic rings. The second-order valence-corrected chi connectivity index (χ2v) is 5.98. The minimum atomic E-state index is -0.489. The van der Waals surface area contributed by atoms with Crippen LogP contribution in [0.3, 0.4) is 0 Å². The summed E-state index contributed by atoms with van der Waals surface area (Å²) in [4.78, 5) is 16.9. The SMILES string of the molecule is CCCC1Cc2nc(NC(=O)OCC)sc2C(C#N)C1. The lowest BCUT2D eigenvalue weighted by Gasteiger charge is -2.23. The lowest BCUT2D eigenvalue weighted by atomic mass is 9.82. The number of hydrogen-bond donors (Lipinski definition) is 1. The third kappa shape index (κ3) is 3.28. The van der Waals surface area contributed by atoms with Crippen LogP contribution in [0.15, 0.2) is 0 Å². The van der Waals surface area contributed by atoms with Crippen molar-refractivity contribution in [1.29, 1.82) is 5.26 Å². The maximum absolute atomic E-state index is 11.4. The highest BCUT2D eigenvalue weighted by Crippen LogP contribution is 2.40. The first-order chi connectivity index (χ1) is 9.67. The van der Waals surface area contributed by atoms with E-state index in [0.717, 1.165) is 36.3 Å². The molecule has 0 radical (unpaired) electrons. The maximum Gasteiger partial charge on any atom is 0.413 e. The molecule has 0 aliphatic heterocycles. The molecular formula is C14H19N3O2S. The summed E-state index contributed by atoms with van der Waals surface area (Å²) in [7, 11) is 0. The fourth-order valence-electron chi connectivity index (χ4n) is 2.63. The first-order valence-electron chi connectivity index (χ1n) is 7.00. The van der Waals surface area contributed by atoms with Gasteiger partial charge in [-0.05, 0) is 25.7 Å². The van der Waals surface area contributed by atoms with Crippen LogP contribution in [0.2, 0.25) is 0 Å². The Morgan fingerprint density at radius 2 is 2.40 bits per heavy atom. The van der Waals surface area contributed by atoms with Crippen molar-refractivity contribution >= 4 is 22.6 Å². The monoisotopic (exact) mass is 293 g/mol. The molecule has 108 valence electrons. The molecule has 1 amide bonds. The number of ether oxygens (including phenoxy) is 1. The Morgan fingerprint density at radius 1 is 1.60 bits per heavy atom. The molecule has 0 spiro atoms. The number of carbonyl (C=O) groups excluding carboxylic acids is 1. The molecular weight excluding hydrogens is 274 g/mol. The van der Waals surface area contributed by atoms with Crippen molar-refractivity contribution in [3.05, 3.63) is 10.6 Å². The number of nitriles is 1. The molecule has 6 heteroatoms. The highest BCUT2D eigenvalue weighted by Gasteiger charge is 2.30. The second-order valence-electron chi connectivity index (χ2n) is 4.95. The smallest absolute Gasteiger partial charge is 0.413 e. The number of thiazole rings is 1. The largest absolute Gasteiger partial charge is 0.450 e. The molecule has 20 heavy (non-hydrogen) atoms. The van der Waals surface area contributed by atoms with Crippen LogP contribution >= 0.6 is 11.3 Å². The van der Waals surface area contributed by atoms with Gasteiger partial charge in [0.25, 0.3) is 0 Å². The molecule has 0 saturated heterocycles. The van der Waals surface area contributed by atoms with Gasteiger partial charge < -0.3 is 4.74 Å². The fraction of sp³-hybridized carbons (Fsp3) is 0.643. The quantitative estimate of drug-likeness (QED) is 0.918. The normalized spacial score (nSPS) is 20.9. The van der Waals surface area contributed by atoms with Crippen LogP contribution in [0.5, 0.6) is 0 Å². The van der Waals surface area contributed by atoms with Crippen LogP contribution in [0.4, 0.5) is 9.93 Å². The van der Waals surface area contributed by atoms with Crippen molar-refractivity contribution in [3.8, 4) is 6.07 Å². The zero-order chi connectivity index (χ0) is 14.5. The summed E-state index contributed by atoms with van der Waals surface area (Å²) in [6, 6.07) is 2.37. The highest BCUT2D eigenvalue weighted by atomic mass is 32.1. The van der Waals surface area contributed by atoms with Gasteiger partial charge in [-0.1, -0.05) is 31.1 Å². The lowest BCUT2D eigenvalue weighted by Crippen LogP contribution is -2.17. The fourth-order valence-corrected chi connectivity index (χ4v) is 3.66. The van der Waals surface area contributed by atoms with Crippen LogP contribution in [0.1, 0.15) is 49.6 Å². The molecule has 1 aromatic heterocycles. The van der Waals surface area contributed by atoms with Gasteiger partial charge in [0.05, 0.1) is 24.3 Å². The van der Waals surface area contributed by atoms with Crippen molar-refractivity contribution in [2.75, 3.05) is 11.9 Å². The third-order valence-corrected chi connectivity index (χ3v) is 4.56. The molecule has 2 unspecified atom stereocenters. The average Bonchev–Trinajstić information content (AvgIpc) is 2.80. The van der Waals surface area contributed by atoms with E-state index in [0.29, 0.717) is 17.7 Å². The van der Waals surface area contributed by atoms with Crippen LogP contribution in [-0.4, -0.2) is 17.7 Å². The van der Waals surface area contributed by atoms with Gasteiger partial charge in [-0.15, -0.1) is 0 Å². The molecule has 0 fully saturated rings. The standard InChI is InChI=1S/C14H19N3O2S/c1-3-5-9-6-10(8-15)12-11(7-9)16-13(20-12)17-14(18)19-4-2/h9-10H,3-7H2,1-2H3,(H,16,17,18). The van der Waals surface area contributed by atoms with Gasteiger partial charge in [-0.25, -0.2) is 9.78 Å². The Kier molecular flexibility index (Phi) is 4.96. The van der Waals surface area contributed by atoms with E-state index in [1.54, 1.807) is 6.92 Å². The minimum Gasteiger partial charge on any atom is -0.450 e. The summed E-state index contributed by atoms with van der Waals surface area (Å²) >= 11 is 1.40. The van der Waals surface area contributed by atoms with Gasteiger partial charge in [0.15, 0.2) is 5.13 Å². The number of amides is 1. The number of nitrogens with zero attached hydrogens (tertiary/aromatic N) is 2. The van der Waals surface area contributed by atoms with Crippen molar-refractivity contribution in [2.45, 2.75) is 45.4 Å². The van der Waals surface area contributed by atoms with E-state index in [1.807, 2.05) is 0 Å². The molecule has 0 bridgehead atoms. The molecule has 1 heterocycles. The number of anilines is 1. The molecule has 2 atom stereocenters. The number of fused-ring (bicyclic) bond motifs is 1. The number of nitrogens with one attached hydrogen (secondary N) is 1. The third-order valence-electron chi connectivity index (χ3n) is 3.43. The summed E-state index contributed by atoms with van der Waals surface area (Å²) in [6.07, 6.45) is 3.56. The Labute approximate surface area is 123 Å². The van der Waals surface area contributed by atoms with Crippen molar-refractivity contribution < 1.29 is 9.53 Å². The number of aromatic nitrogens is 1. The van der Waals surface area contributed by atoms with Gasteiger partial charge >= 0.3 is 6.09 Å². The second kappa shape index (κ2) is 6.71. The number of hydrogen-bond acceptors (Lipinski definition) is 5. The van der Waals surface area contributed by atoms with E-state index >= 15 is 0 Å². The summed E-state index contributed by atoms with van der Waals surface area (Å²) in [5, 5.41) is 12.5. The molecule has 2 rings (SSSR count). The van der Waals surface area contributed by atoms with Crippen molar-refractivity contribution in [3.63, 3.8) is 0 Å². The van der Waals surface area contributed by atoms with E-state index in [2.05, 4.69) is 23.3 Å². The predicted octanol–water partition coefficient (Wildman–Crippen LogP) is 3.68. The number of rotatable bonds is 4. The highest BCUT2D eigenvalue weighted by molar-refractivity contribution is 7.16. The molecule has 5 nitrogen and oxygen atoms in total. The van der Waals surface area contributed by atoms with Gasteiger partial charge in [0, 0.05) is 4.88 Å². The summed E-state index contributed by atoms with van der Waals surface area (Å²) in [6.45, 7) is 4.25. The summed E-state index contributed by atoms with van der Waals surface area (Å²) < 4.78 is 4.84. The predicted molar refractivity (Wildman–Crippen MR) is 77.8 cm³/mol.